The number of aromatic nitrogens is 2. The molecule has 0 spiro atoms. The first kappa shape index (κ1) is 17.1. The zero-order chi connectivity index (χ0) is 17.8. The fraction of sp³-hybridized carbons (Fsp3) is 0.381. The highest BCUT2D eigenvalue weighted by molar-refractivity contribution is 5.63. The number of nitrogens with one attached hydrogen (secondary N) is 1. The zero-order valence-corrected chi connectivity index (χ0v) is 15.3. The summed E-state index contributed by atoms with van der Waals surface area (Å²) in [6, 6.07) is 12.4. The molecule has 1 N–H and O–H groups in total. The maximum absolute atomic E-state index is 5.89. The molecule has 0 aliphatic carbocycles. The number of pyridine rings is 1. The molecule has 26 heavy (non-hydrogen) atoms. The minimum Gasteiger partial charge on any atom is -0.494 e. The second-order valence-electron chi connectivity index (χ2n) is 6.91. The van der Waals surface area contributed by atoms with Gasteiger partial charge in [0.2, 0.25) is 0 Å². The van der Waals surface area contributed by atoms with Gasteiger partial charge in [-0.1, -0.05) is 0 Å². The van der Waals surface area contributed by atoms with Gasteiger partial charge < -0.3 is 19.4 Å². The van der Waals surface area contributed by atoms with Crippen molar-refractivity contribution in [3.8, 4) is 17.0 Å². The van der Waals surface area contributed by atoms with E-state index in [2.05, 4.69) is 58.2 Å². The van der Waals surface area contributed by atoms with Crippen molar-refractivity contribution in [2.24, 2.45) is 0 Å². The van der Waals surface area contributed by atoms with E-state index in [1.54, 1.807) is 0 Å². The number of hydrogen-bond acceptors (Lipinski definition) is 4. The van der Waals surface area contributed by atoms with Crippen LogP contribution in [0.25, 0.3) is 16.9 Å². The van der Waals surface area contributed by atoms with Crippen molar-refractivity contribution in [3.63, 3.8) is 0 Å². The number of hydrogen-bond donors (Lipinski definition) is 1. The Labute approximate surface area is 154 Å². The number of piperazine rings is 1. The second kappa shape index (κ2) is 7.89. The molecule has 1 aliphatic heterocycles. The molecule has 3 aromatic rings. The standard InChI is InChI=1S/C21H26N4O/c1-17-7-11-25-16-20(23-21(25)15-17)18-3-5-19(6-4-18)26-14-2-10-24-12-8-22-9-13-24/h3-7,11,15-16,22H,2,8-10,12-14H2,1H3. The van der Waals surface area contributed by atoms with Crippen LogP contribution in [0.15, 0.2) is 48.8 Å². The summed E-state index contributed by atoms with van der Waals surface area (Å²) in [5.41, 5.74) is 4.30. The first-order chi connectivity index (χ1) is 12.8. The first-order valence-corrected chi connectivity index (χ1v) is 9.40. The third kappa shape index (κ3) is 4.06. The van der Waals surface area contributed by atoms with E-state index in [0.717, 1.165) is 68.4 Å². The molecule has 0 unspecified atom stereocenters. The predicted octanol–water partition coefficient (Wildman–Crippen LogP) is 2.98. The summed E-state index contributed by atoms with van der Waals surface area (Å²) >= 11 is 0. The van der Waals surface area contributed by atoms with Gasteiger partial charge in [-0.15, -0.1) is 0 Å². The highest BCUT2D eigenvalue weighted by atomic mass is 16.5. The number of nitrogens with zero attached hydrogens (tertiary/aromatic N) is 3. The van der Waals surface area contributed by atoms with Gasteiger partial charge in [-0.2, -0.15) is 0 Å². The Morgan fingerprint density at radius 2 is 1.92 bits per heavy atom. The summed E-state index contributed by atoms with van der Waals surface area (Å²) in [4.78, 5) is 7.21. The Kier molecular flexibility index (Phi) is 5.18. The molecule has 0 atom stereocenters. The molecule has 1 saturated heterocycles. The molecular weight excluding hydrogens is 324 g/mol. The van der Waals surface area contributed by atoms with E-state index in [9.17, 15) is 0 Å². The van der Waals surface area contributed by atoms with Crippen LogP contribution >= 0.6 is 0 Å². The molecule has 0 saturated carbocycles. The van der Waals surface area contributed by atoms with Crippen molar-refractivity contribution >= 4 is 5.65 Å². The van der Waals surface area contributed by atoms with Crippen LogP contribution in [0.3, 0.4) is 0 Å². The van der Waals surface area contributed by atoms with Crippen molar-refractivity contribution in [2.45, 2.75) is 13.3 Å². The minimum absolute atomic E-state index is 0.761. The highest BCUT2D eigenvalue weighted by Gasteiger charge is 2.09. The number of benzene rings is 1. The Morgan fingerprint density at radius 3 is 2.73 bits per heavy atom. The molecule has 1 aromatic carbocycles. The Bertz CT molecular complexity index is 850. The maximum atomic E-state index is 5.89. The van der Waals surface area contributed by atoms with Crippen LogP contribution in [0.4, 0.5) is 0 Å². The Balaban J connectivity index is 1.32. The van der Waals surface area contributed by atoms with Crippen molar-refractivity contribution in [1.82, 2.24) is 19.6 Å². The number of ether oxygens (including phenoxy) is 1. The molecule has 0 bridgehead atoms. The fourth-order valence-corrected chi connectivity index (χ4v) is 3.36. The average molecular weight is 350 g/mol. The van der Waals surface area contributed by atoms with Crippen LogP contribution < -0.4 is 10.1 Å². The zero-order valence-electron chi connectivity index (χ0n) is 15.3. The number of aryl methyl sites for hydroxylation is 1. The molecule has 3 heterocycles. The van der Waals surface area contributed by atoms with Crippen molar-refractivity contribution < 1.29 is 4.74 Å². The Morgan fingerprint density at radius 1 is 1.12 bits per heavy atom. The van der Waals surface area contributed by atoms with Crippen LogP contribution in [0.2, 0.25) is 0 Å². The summed E-state index contributed by atoms with van der Waals surface area (Å²) in [5.74, 6) is 0.925. The molecule has 1 aliphatic rings. The first-order valence-electron chi connectivity index (χ1n) is 9.40. The third-order valence-electron chi connectivity index (χ3n) is 4.86. The molecule has 4 rings (SSSR count). The van der Waals surface area contributed by atoms with Gasteiger partial charge in [0, 0.05) is 50.7 Å². The lowest BCUT2D eigenvalue weighted by Gasteiger charge is -2.26. The molecule has 5 heteroatoms. The van der Waals surface area contributed by atoms with E-state index in [0.29, 0.717) is 0 Å². The number of imidazole rings is 1. The molecule has 0 radical (unpaired) electrons. The largest absolute Gasteiger partial charge is 0.494 e. The van der Waals surface area contributed by atoms with Gasteiger partial charge in [-0.25, -0.2) is 4.98 Å². The normalized spacial score (nSPS) is 15.4. The Hall–Kier alpha value is -2.37. The molecular formula is C21H26N4O. The monoisotopic (exact) mass is 350 g/mol. The lowest BCUT2D eigenvalue weighted by molar-refractivity contribution is 0.214. The van der Waals surface area contributed by atoms with Crippen molar-refractivity contribution in [1.29, 1.82) is 0 Å². The van der Waals surface area contributed by atoms with Crippen LogP contribution in [-0.2, 0) is 0 Å². The van der Waals surface area contributed by atoms with Crippen molar-refractivity contribution in [3.05, 3.63) is 54.4 Å². The van der Waals surface area contributed by atoms with Gasteiger partial charge in [-0.05, 0) is 55.3 Å². The van der Waals surface area contributed by atoms with Gasteiger partial charge >= 0.3 is 0 Å². The van der Waals surface area contributed by atoms with E-state index in [1.807, 2.05) is 12.1 Å². The highest BCUT2D eigenvalue weighted by Crippen LogP contribution is 2.22. The van der Waals surface area contributed by atoms with E-state index < -0.39 is 0 Å². The molecule has 1 fully saturated rings. The van der Waals surface area contributed by atoms with E-state index in [4.69, 9.17) is 9.72 Å². The number of fused-ring (bicyclic) bond motifs is 1. The molecule has 2 aromatic heterocycles. The molecule has 0 amide bonds. The summed E-state index contributed by atoms with van der Waals surface area (Å²) in [6.07, 6.45) is 5.18. The predicted molar refractivity (Wildman–Crippen MR) is 105 cm³/mol. The van der Waals surface area contributed by atoms with Crippen LogP contribution in [-0.4, -0.2) is 53.6 Å². The lowest BCUT2D eigenvalue weighted by Crippen LogP contribution is -2.43. The third-order valence-corrected chi connectivity index (χ3v) is 4.86. The van der Waals surface area contributed by atoms with E-state index in [-0.39, 0.29) is 0 Å². The van der Waals surface area contributed by atoms with Crippen LogP contribution in [0, 0.1) is 6.92 Å². The SMILES string of the molecule is Cc1ccn2cc(-c3ccc(OCCCN4CCNCC4)cc3)nc2c1. The van der Waals surface area contributed by atoms with Gasteiger partial charge in [0.05, 0.1) is 12.3 Å². The van der Waals surface area contributed by atoms with Crippen molar-refractivity contribution in [2.75, 3.05) is 39.3 Å². The fourth-order valence-electron chi connectivity index (χ4n) is 3.36. The second-order valence-corrected chi connectivity index (χ2v) is 6.91. The van der Waals surface area contributed by atoms with Gasteiger partial charge in [0.15, 0.2) is 0 Å². The van der Waals surface area contributed by atoms with Gasteiger partial charge in [0.25, 0.3) is 0 Å². The number of rotatable bonds is 6. The topological polar surface area (TPSA) is 41.8 Å². The minimum atomic E-state index is 0.761. The van der Waals surface area contributed by atoms with E-state index >= 15 is 0 Å². The summed E-state index contributed by atoms with van der Waals surface area (Å²) < 4.78 is 7.95. The van der Waals surface area contributed by atoms with E-state index in [1.165, 1.54) is 5.56 Å². The lowest BCUT2D eigenvalue weighted by atomic mass is 10.2. The van der Waals surface area contributed by atoms with Gasteiger partial charge in [-0.3, -0.25) is 0 Å². The summed E-state index contributed by atoms with van der Waals surface area (Å²) in [5, 5.41) is 3.38. The average Bonchev–Trinajstić information content (AvgIpc) is 3.10. The maximum Gasteiger partial charge on any atom is 0.137 e. The summed E-state index contributed by atoms with van der Waals surface area (Å²) in [7, 11) is 0. The van der Waals surface area contributed by atoms with Crippen LogP contribution in [0.1, 0.15) is 12.0 Å². The smallest absolute Gasteiger partial charge is 0.137 e. The quantitative estimate of drug-likeness (QED) is 0.694. The van der Waals surface area contributed by atoms with Gasteiger partial charge in [0.1, 0.15) is 11.4 Å². The molecule has 136 valence electrons. The summed E-state index contributed by atoms with van der Waals surface area (Å²) in [6.45, 7) is 8.45. The van der Waals surface area contributed by atoms with Crippen LogP contribution in [0.5, 0.6) is 5.75 Å². The molecule has 5 nitrogen and oxygen atoms in total.